The molecule has 0 radical (unpaired) electrons. The Hall–Kier alpha value is -2.15. The van der Waals surface area contributed by atoms with Crippen molar-refractivity contribution < 1.29 is 9.72 Å². The first-order valence-electron chi connectivity index (χ1n) is 7.49. The van der Waals surface area contributed by atoms with Crippen LogP contribution >= 0.6 is 0 Å². The number of carbonyl (C=O) groups excluding carboxylic acids is 1. The Kier molecular flexibility index (Phi) is 5.32. The number of nitro benzene ring substituents is 1. The Morgan fingerprint density at radius 2 is 2.23 bits per heavy atom. The summed E-state index contributed by atoms with van der Waals surface area (Å²) in [6.45, 7) is 3.72. The number of para-hydroxylation sites is 2. The number of rotatable bonds is 6. The van der Waals surface area contributed by atoms with Crippen molar-refractivity contribution in [3.63, 3.8) is 0 Å². The van der Waals surface area contributed by atoms with E-state index >= 15 is 0 Å². The molecule has 0 aromatic heterocycles. The lowest BCUT2D eigenvalue weighted by Gasteiger charge is -2.21. The first kappa shape index (κ1) is 16.2. The summed E-state index contributed by atoms with van der Waals surface area (Å²) < 4.78 is 0. The van der Waals surface area contributed by atoms with Gasteiger partial charge in [0.15, 0.2) is 0 Å². The summed E-state index contributed by atoms with van der Waals surface area (Å²) in [5, 5.41) is 13.9. The van der Waals surface area contributed by atoms with Crippen LogP contribution in [0.2, 0.25) is 0 Å². The van der Waals surface area contributed by atoms with Crippen molar-refractivity contribution in [3.8, 4) is 0 Å². The fraction of sp³-hybridized carbons (Fsp3) is 0.533. The van der Waals surface area contributed by atoms with Gasteiger partial charge >= 0.3 is 0 Å². The smallest absolute Gasteiger partial charge is 0.292 e. The molecule has 0 bridgehead atoms. The predicted octanol–water partition coefficient (Wildman–Crippen LogP) is 1.59. The van der Waals surface area contributed by atoms with Gasteiger partial charge in [0.2, 0.25) is 5.91 Å². The van der Waals surface area contributed by atoms with Gasteiger partial charge in [0.05, 0.1) is 4.92 Å². The maximum Gasteiger partial charge on any atom is 0.292 e. The lowest BCUT2D eigenvalue weighted by molar-refractivity contribution is -0.384. The van der Waals surface area contributed by atoms with E-state index in [4.69, 9.17) is 5.73 Å². The molecule has 1 amide bonds. The molecular formula is C15H22N4O3. The molecule has 1 aliphatic heterocycles. The highest BCUT2D eigenvalue weighted by Crippen LogP contribution is 2.24. The monoisotopic (exact) mass is 306 g/mol. The third-order valence-corrected chi connectivity index (χ3v) is 4.07. The van der Waals surface area contributed by atoms with E-state index in [9.17, 15) is 14.9 Å². The lowest BCUT2D eigenvalue weighted by atomic mass is 10.1. The van der Waals surface area contributed by atoms with E-state index in [-0.39, 0.29) is 17.6 Å². The van der Waals surface area contributed by atoms with Crippen molar-refractivity contribution in [1.82, 2.24) is 4.90 Å². The molecule has 0 spiro atoms. The molecule has 0 saturated carbocycles. The van der Waals surface area contributed by atoms with Gasteiger partial charge in [-0.3, -0.25) is 14.9 Å². The molecule has 1 fully saturated rings. The van der Waals surface area contributed by atoms with Crippen molar-refractivity contribution in [3.05, 3.63) is 34.4 Å². The topological polar surface area (TPSA) is 102 Å². The van der Waals surface area contributed by atoms with Gasteiger partial charge in [-0.05, 0) is 31.9 Å². The minimum Gasteiger partial charge on any atom is -0.379 e. The normalized spacial score (nSPS) is 20.9. The van der Waals surface area contributed by atoms with Crippen LogP contribution in [-0.4, -0.2) is 41.4 Å². The van der Waals surface area contributed by atoms with E-state index in [1.165, 1.54) is 6.07 Å². The maximum atomic E-state index is 12.2. The highest BCUT2D eigenvalue weighted by molar-refractivity contribution is 5.77. The number of likely N-dealkylation sites (tertiary alicyclic amines) is 1. The minimum absolute atomic E-state index is 0.0210. The summed E-state index contributed by atoms with van der Waals surface area (Å²) in [4.78, 5) is 24.6. The van der Waals surface area contributed by atoms with Crippen molar-refractivity contribution >= 4 is 17.3 Å². The molecule has 22 heavy (non-hydrogen) atoms. The van der Waals surface area contributed by atoms with Crippen LogP contribution in [0.25, 0.3) is 0 Å². The van der Waals surface area contributed by atoms with E-state index in [0.717, 1.165) is 6.42 Å². The van der Waals surface area contributed by atoms with Gasteiger partial charge in [0.1, 0.15) is 5.69 Å². The first-order chi connectivity index (χ1) is 10.5. The Balaban J connectivity index is 1.86. The van der Waals surface area contributed by atoms with E-state index in [1.807, 2.05) is 11.8 Å². The highest BCUT2D eigenvalue weighted by atomic mass is 16.6. The summed E-state index contributed by atoms with van der Waals surface area (Å²) in [5.41, 5.74) is 6.13. The summed E-state index contributed by atoms with van der Waals surface area (Å²) >= 11 is 0. The zero-order valence-electron chi connectivity index (χ0n) is 12.7. The maximum absolute atomic E-state index is 12.2. The number of nitrogens with one attached hydrogen (secondary N) is 1. The second-order valence-electron chi connectivity index (χ2n) is 5.68. The van der Waals surface area contributed by atoms with E-state index in [0.29, 0.717) is 37.7 Å². The van der Waals surface area contributed by atoms with E-state index < -0.39 is 4.92 Å². The molecule has 2 unspecified atom stereocenters. The molecule has 2 rings (SSSR count). The van der Waals surface area contributed by atoms with E-state index in [1.54, 1.807) is 18.2 Å². The summed E-state index contributed by atoms with van der Waals surface area (Å²) in [6.07, 6.45) is 1.26. The van der Waals surface area contributed by atoms with Crippen LogP contribution in [0.4, 0.5) is 11.4 Å². The van der Waals surface area contributed by atoms with Crippen LogP contribution in [0.5, 0.6) is 0 Å². The van der Waals surface area contributed by atoms with Gasteiger partial charge in [-0.2, -0.15) is 0 Å². The molecule has 1 aliphatic rings. The zero-order valence-corrected chi connectivity index (χ0v) is 12.7. The predicted molar refractivity (Wildman–Crippen MR) is 84.5 cm³/mol. The SMILES string of the molecule is CC1CC(CN)CN1C(=O)CCNc1ccccc1[N+](=O)[O-]. The van der Waals surface area contributed by atoms with Gasteiger partial charge in [0.25, 0.3) is 5.69 Å². The molecular weight excluding hydrogens is 284 g/mol. The van der Waals surface area contributed by atoms with Crippen molar-refractivity contribution in [2.24, 2.45) is 11.7 Å². The zero-order chi connectivity index (χ0) is 16.1. The van der Waals surface area contributed by atoms with Gasteiger partial charge in [-0.1, -0.05) is 12.1 Å². The molecule has 2 atom stereocenters. The number of nitrogens with zero attached hydrogens (tertiary/aromatic N) is 2. The first-order valence-corrected chi connectivity index (χ1v) is 7.49. The number of benzene rings is 1. The standard InChI is InChI=1S/C15H22N4O3/c1-11-8-12(9-16)10-18(11)15(20)6-7-17-13-4-2-3-5-14(13)19(21)22/h2-5,11-12,17H,6-10,16H2,1H3. The molecule has 7 heteroatoms. The van der Waals surface area contributed by atoms with Crippen molar-refractivity contribution in [2.45, 2.75) is 25.8 Å². The van der Waals surface area contributed by atoms with Crippen LogP contribution < -0.4 is 11.1 Å². The number of nitro groups is 1. The lowest BCUT2D eigenvalue weighted by Crippen LogP contribution is -2.35. The second-order valence-corrected chi connectivity index (χ2v) is 5.68. The Labute approximate surface area is 129 Å². The van der Waals surface area contributed by atoms with Gasteiger partial charge < -0.3 is 16.0 Å². The Morgan fingerprint density at radius 1 is 1.50 bits per heavy atom. The number of hydrogen-bond acceptors (Lipinski definition) is 5. The molecule has 1 aromatic rings. The summed E-state index contributed by atoms with van der Waals surface area (Å²) in [6, 6.07) is 6.65. The number of nitrogens with two attached hydrogens (primary N) is 1. The number of amides is 1. The third-order valence-electron chi connectivity index (χ3n) is 4.07. The van der Waals surface area contributed by atoms with Crippen LogP contribution in [0.15, 0.2) is 24.3 Å². The average Bonchev–Trinajstić information content (AvgIpc) is 2.88. The molecule has 120 valence electrons. The number of hydrogen-bond donors (Lipinski definition) is 2. The van der Waals surface area contributed by atoms with Crippen LogP contribution in [-0.2, 0) is 4.79 Å². The highest BCUT2D eigenvalue weighted by Gasteiger charge is 2.31. The molecule has 3 N–H and O–H groups in total. The molecule has 7 nitrogen and oxygen atoms in total. The van der Waals surface area contributed by atoms with Crippen LogP contribution in [0.3, 0.4) is 0 Å². The number of carbonyl (C=O) groups is 1. The fourth-order valence-corrected chi connectivity index (χ4v) is 2.89. The van der Waals surface area contributed by atoms with Crippen LogP contribution in [0.1, 0.15) is 19.8 Å². The average molecular weight is 306 g/mol. The largest absolute Gasteiger partial charge is 0.379 e. The number of anilines is 1. The molecule has 1 aromatic carbocycles. The molecule has 1 saturated heterocycles. The van der Waals surface area contributed by atoms with Crippen LogP contribution in [0, 0.1) is 16.0 Å². The van der Waals surface area contributed by atoms with Gasteiger partial charge in [-0.25, -0.2) is 0 Å². The summed E-state index contributed by atoms with van der Waals surface area (Å²) in [7, 11) is 0. The van der Waals surface area contributed by atoms with Gasteiger partial charge in [-0.15, -0.1) is 0 Å². The van der Waals surface area contributed by atoms with E-state index in [2.05, 4.69) is 5.32 Å². The summed E-state index contributed by atoms with van der Waals surface area (Å²) in [5.74, 6) is 0.441. The van der Waals surface area contributed by atoms with Crippen molar-refractivity contribution in [1.29, 1.82) is 0 Å². The Morgan fingerprint density at radius 3 is 2.86 bits per heavy atom. The fourth-order valence-electron chi connectivity index (χ4n) is 2.89. The Bertz CT molecular complexity index is 549. The third kappa shape index (κ3) is 3.73. The quantitative estimate of drug-likeness (QED) is 0.614. The molecule has 1 heterocycles. The van der Waals surface area contributed by atoms with Gasteiger partial charge in [0, 0.05) is 31.6 Å². The second kappa shape index (κ2) is 7.22. The van der Waals surface area contributed by atoms with Crippen molar-refractivity contribution in [2.75, 3.05) is 25.0 Å². The minimum atomic E-state index is -0.432. The molecule has 0 aliphatic carbocycles.